The Labute approximate surface area is 205 Å². The fraction of sp³-hybridized carbons (Fsp3) is 0.111. The molecule has 172 valence electrons. The van der Waals surface area contributed by atoms with E-state index in [0.29, 0.717) is 17.0 Å². The van der Waals surface area contributed by atoms with Gasteiger partial charge in [0.25, 0.3) is 0 Å². The van der Waals surface area contributed by atoms with Crippen LogP contribution in [0.3, 0.4) is 0 Å². The van der Waals surface area contributed by atoms with Gasteiger partial charge < -0.3 is 4.42 Å². The molecule has 2 unspecified atom stereocenters. The number of Topliss-reactive ketones (excluding diaryl/α,β-unsaturated/α-hetero) is 1. The Balaban J connectivity index is 1.62. The molecule has 0 N–H and O–H groups in total. The minimum atomic E-state index is -1.08. The Bertz CT molecular complexity index is 1470. The number of fused-ring (bicyclic) bond motifs is 1. The van der Waals surface area contributed by atoms with Crippen LogP contribution in [0.15, 0.2) is 111 Å². The van der Waals surface area contributed by atoms with Crippen LogP contribution in [0.4, 0.5) is 11.6 Å². The minimum Gasteiger partial charge on any atom is -0.399 e. The molecular formula is C27H19N3O4S. The van der Waals surface area contributed by atoms with Gasteiger partial charge in [0.1, 0.15) is 16.2 Å². The lowest BCUT2D eigenvalue weighted by Crippen LogP contribution is -2.58. The number of nitrogens with zero attached hydrogens (tertiary/aromatic N) is 3. The smallest absolute Gasteiger partial charge is 0.399 e. The van der Waals surface area contributed by atoms with Crippen LogP contribution in [0.1, 0.15) is 27.6 Å². The molecule has 8 heteroatoms. The van der Waals surface area contributed by atoms with Crippen molar-refractivity contribution in [3.63, 3.8) is 0 Å². The SMILES string of the molecule is O=C1c2ccccc2SCC12C(c1ccccc1)C(c1ccc([N+](=O)[O-])o1)=NN2c1ccccc1. The molecule has 0 saturated heterocycles. The Morgan fingerprint density at radius 3 is 2.34 bits per heavy atom. The highest BCUT2D eigenvalue weighted by Crippen LogP contribution is 2.52. The summed E-state index contributed by atoms with van der Waals surface area (Å²) in [6.45, 7) is 0. The van der Waals surface area contributed by atoms with Crippen molar-refractivity contribution in [2.24, 2.45) is 5.10 Å². The van der Waals surface area contributed by atoms with Crippen LogP contribution in [0.25, 0.3) is 0 Å². The maximum atomic E-state index is 14.4. The van der Waals surface area contributed by atoms with E-state index in [2.05, 4.69) is 0 Å². The molecule has 3 heterocycles. The number of hydrogen-bond acceptors (Lipinski definition) is 7. The van der Waals surface area contributed by atoms with Crippen molar-refractivity contribution in [3.8, 4) is 0 Å². The van der Waals surface area contributed by atoms with Gasteiger partial charge in [0, 0.05) is 16.2 Å². The molecular weight excluding hydrogens is 462 g/mol. The zero-order valence-corrected chi connectivity index (χ0v) is 19.2. The van der Waals surface area contributed by atoms with Crippen LogP contribution >= 0.6 is 11.8 Å². The molecule has 0 bridgehead atoms. The van der Waals surface area contributed by atoms with Gasteiger partial charge in [-0.05, 0) is 29.8 Å². The highest BCUT2D eigenvalue weighted by Gasteiger charge is 2.60. The van der Waals surface area contributed by atoms with E-state index < -0.39 is 16.4 Å². The van der Waals surface area contributed by atoms with E-state index in [9.17, 15) is 14.9 Å². The number of benzene rings is 3. The topological polar surface area (TPSA) is 88.9 Å². The molecule has 0 radical (unpaired) electrons. The van der Waals surface area contributed by atoms with Crippen LogP contribution in [0.5, 0.6) is 0 Å². The second-order valence-corrected chi connectivity index (χ2v) is 9.43. The van der Waals surface area contributed by atoms with Crippen LogP contribution < -0.4 is 5.01 Å². The lowest BCUT2D eigenvalue weighted by atomic mass is 9.72. The Morgan fingerprint density at radius 2 is 1.63 bits per heavy atom. The Kier molecular flexibility index (Phi) is 5.04. The van der Waals surface area contributed by atoms with E-state index in [1.54, 1.807) is 22.8 Å². The van der Waals surface area contributed by atoms with Crippen LogP contribution in [-0.4, -0.2) is 27.7 Å². The number of hydrogen-bond donors (Lipinski definition) is 0. The first-order valence-electron chi connectivity index (χ1n) is 11.1. The van der Waals surface area contributed by atoms with Gasteiger partial charge in [0.05, 0.1) is 17.7 Å². The molecule has 3 aromatic carbocycles. The molecule has 0 amide bonds. The van der Waals surface area contributed by atoms with Crippen LogP contribution in [0, 0.1) is 10.1 Å². The predicted molar refractivity (Wildman–Crippen MR) is 134 cm³/mol. The summed E-state index contributed by atoms with van der Waals surface area (Å²) in [5.41, 5.74) is 1.70. The van der Waals surface area contributed by atoms with Crippen LogP contribution in [0.2, 0.25) is 0 Å². The van der Waals surface area contributed by atoms with Crippen molar-refractivity contribution >= 4 is 34.8 Å². The fourth-order valence-electron chi connectivity index (χ4n) is 4.93. The summed E-state index contributed by atoms with van der Waals surface area (Å²) in [4.78, 5) is 26.2. The van der Waals surface area contributed by atoms with Gasteiger partial charge in [-0.1, -0.05) is 66.7 Å². The number of ketones is 1. The summed E-state index contributed by atoms with van der Waals surface area (Å²) in [6.07, 6.45) is 0. The normalized spacial score (nSPS) is 21.1. The van der Waals surface area contributed by atoms with Crippen molar-refractivity contribution < 1.29 is 14.1 Å². The Hall–Kier alpha value is -4.17. The van der Waals surface area contributed by atoms with E-state index in [1.807, 2.05) is 84.9 Å². The number of carbonyl (C=O) groups is 1. The van der Waals surface area contributed by atoms with E-state index in [1.165, 1.54) is 6.07 Å². The highest BCUT2D eigenvalue weighted by molar-refractivity contribution is 7.99. The van der Waals surface area contributed by atoms with Crippen molar-refractivity contribution in [1.29, 1.82) is 0 Å². The molecule has 1 aromatic heterocycles. The summed E-state index contributed by atoms with van der Waals surface area (Å²) in [5.74, 6) is -0.184. The largest absolute Gasteiger partial charge is 0.433 e. The average molecular weight is 482 g/mol. The number of para-hydroxylation sites is 1. The number of rotatable bonds is 4. The third-order valence-corrected chi connectivity index (χ3v) is 7.72. The van der Waals surface area contributed by atoms with Crippen molar-refractivity contribution in [3.05, 3.63) is 124 Å². The van der Waals surface area contributed by atoms with Gasteiger partial charge in [-0.2, -0.15) is 5.10 Å². The maximum absolute atomic E-state index is 14.4. The highest BCUT2D eigenvalue weighted by atomic mass is 32.2. The number of thioether (sulfide) groups is 1. The fourth-order valence-corrected chi connectivity index (χ4v) is 6.22. The third-order valence-electron chi connectivity index (χ3n) is 6.47. The lowest BCUT2D eigenvalue weighted by molar-refractivity contribution is -0.402. The molecule has 35 heavy (non-hydrogen) atoms. The van der Waals surface area contributed by atoms with E-state index in [-0.39, 0.29) is 17.4 Å². The molecule has 0 aliphatic carbocycles. The first-order valence-corrected chi connectivity index (χ1v) is 12.1. The number of anilines is 1. The minimum absolute atomic E-state index is 0.0376. The second kappa shape index (κ2) is 8.25. The van der Waals surface area contributed by atoms with E-state index >= 15 is 0 Å². The molecule has 0 fully saturated rings. The quantitative estimate of drug-likeness (QED) is 0.265. The van der Waals surface area contributed by atoms with Crippen molar-refractivity contribution in [1.82, 2.24) is 0 Å². The molecule has 0 saturated carbocycles. The molecule has 6 rings (SSSR count). The van der Waals surface area contributed by atoms with Gasteiger partial charge in [0.15, 0.2) is 11.5 Å². The van der Waals surface area contributed by atoms with Crippen molar-refractivity contribution in [2.45, 2.75) is 16.4 Å². The summed E-state index contributed by atoms with van der Waals surface area (Å²) < 4.78 is 5.63. The standard InChI is InChI=1S/C27H19N3O4S/c31-26-20-13-7-8-14-22(20)35-17-27(26)24(18-9-3-1-4-10-18)25(21-15-16-23(34-21)30(32)33)28-29(27)19-11-5-2-6-12-19/h1-16,24H,17H2. The molecule has 7 nitrogen and oxygen atoms in total. The summed E-state index contributed by atoms with van der Waals surface area (Å²) in [6, 6.07) is 29.7. The summed E-state index contributed by atoms with van der Waals surface area (Å²) in [7, 11) is 0. The number of nitro groups is 1. The van der Waals surface area contributed by atoms with Crippen LogP contribution in [-0.2, 0) is 0 Å². The summed E-state index contributed by atoms with van der Waals surface area (Å²) in [5, 5.41) is 18.1. The molecule has 2 atom stereocenters. The number of hydrazone groups is 1. The van der Waals surface area contributed by atoms with Gasteiger partial charge in [-0.3, -0.25) is 14.9 Å². The van der Waals surface area contributed by atoms with E-state index in [4.69, 9.17) is 9.52 Å². The monoisotopic (exact) mass is 481 g/mol. The first kappa shape index (κ1) is 21.4. The van der Waals surface area contributed by atoms with E-state index in [0.717, 1.165) is 16.1 Å². The molecule has 4 aromatic rings. The molecule has 2 aliphatic heterocycles. The molecule has 1 spiro atoms. The van der Waals surface area contributed by atoms with Crippen molar-refractivity contribution in [2.75, 3.05) is 10.8 Å². The lowest BCUT2D eigenvalue weighted by Gasteiger charge is -2.43. The van der Waals surface area contributed by atoms with Gasteiger partial charge in [-0.15, -0.1) is 11.8 Å². The second-order valence-electron chi connectivity index (χ2n) is 8.41. The van der Waals surface area contributed by atoms with Gasteiger partial charge >= 0.3 is 5.88 Å². The maximum Gasteiger partial charge on any atom is 0.433 e. The summed E-state index contributed by atoms with van der Waals surface area (Å²) >= 11 is 1.62. The predicted octanol–water partition coefficient (Wildman–Crippen LogP) is 5.92. The number of carbonyl (C=O) groups excluding carboxylic acids is 1. The first-order chi connectivity index (χ1) is 17.1. The van der Waals surface area contributed by atoms with Gasteiger partial charge in [0.2, 0.25) is 0 Å². The number of furan rings is 1. The Morgan fingerprint density at radius 1 is 0.943 bits per heavy atom. The third kappa shape index (κ3) is 3.29. The molecule has 2 aliphatic rings. The zero-order chi connectivity index (χ0) is 24.0. The average Bonchev–Trinajstić information content (AvgIpc) is 3.52. The zero-order valence-electron chi connectivity index (χ0n) is 18.4. The van der Waals surface area contributed by atoms with Gasteiger partial charge in [-0.25, -0.2) is 5.01 Å².